The maximum absolute atomic E-state index is 12.7. The number of carbonyl (C=O) groups is 2. The molecule has 29 heavy (non-hydrogen) atoms. The van der Waals surface area contributed by atoms with Gasteiger partial charge in [-0.15, -0.1) is 0 Å². The van der Waals surface area contributed by atoms with Crippen molar-refractivity contribution < 1.29 is 27.5 Å². The number of benzene rings is 2. The Morgan fingerprint density at radius 2 is 1.83 bits per heavy atom. The molecular formula is C19H19ClN2O6S. The Morgan fingerprint density at radius 1 is 1.10 bits per heavy atom. The quantitative estimate of drug-likeness (QED) is 0.693. The van der Waals surface area contributed by atoms with E-state index in [1.165, 1.54) is 28.6 Å². The number of hydrogen-bond donors (Lipinski definition) is 1. The molecule has 0 unspecified atom stereocenters. The molecule has 1 amide bonds. The van der Waals surface area contributed by atoms with E-state index in [2.05, 4.69) is 5.32 Å². The molecule has 2 aromatic carbocycles. The molecule has 1 fully saturated rings. The SMILES string of the molecule is O=C(COC(=O)c1cccc(S(=O)(=O)N2CCOCC2)c1)Nc1ccccc1Cl. The van der Waals surface area contributed by atoms with Crippen LogP contribution in [-0.2, 0) is 24.3 Å². The van der Waals surface area contributed by atoms with Crippen molar-refractivity contribution in [1.82, 2.24) is 4.31 Å². The zero-order valence-corrected chi connectivity index (χ0v) is 16.9. The van der Waals surface area contributed by atoms with Gasteiger partial charge in [-0.3, -0.25) is 4.79 Å². The number of halogens is 1. The highest BCUT2D eigenvalue weighted by Crippen LogP contribution is 2.21. The summed E-state index contributed by atoms with van der Waals surface area (Å²) < 4.78 is 36.9. The number of nitrogens with one attached hydrogen (secondary N) is 1. The summed E-state index contributed by atoms with van der Waals surface area (Å²) in [6.45, 7) is 0.603. The molecule has 0 radical (unpaired) electrons. The van der Waals surface area contributed by atoms with Gasteiger partial charge in [-0.25, -0.2) is 13.2 Å². The highest BCUT2D eigenvalue weighted by Gasteiger charge is 2.27. The van der Waals surface area contributed by atoms with Crippen LogP contribution in [0.1, 0.15) is 10.4 Å². The molecule has 8 nitrogen and oxygen atoms in total. The van der Waals surface area contributed by atoms with Crippen LogP contribution in [0.2, 0.25) is 5.02 Å². The molecule has 2 aromatic rings. The first kappa shape index (κ1) is 21.3. The summed E-state index contributed by atoms with van der Waals surface area (Å²) in [6, 6.07) is 12.2. The highest BCUT2D eigenvalue weighted by atomic mass is 35.5. The van der Waals surface area contributed by atoms with Gasteiger partial charge in [-0.2, -0.15) is 4.31 Å². The molecular weight excluding hydrogens is 420 g/mol. The minimum absolute atomic E-state index is 0.0191. The first-order chi connectivity index (χ1) is 13.9. The van der Waals surface area contributed by atoms with Crippen molar-refractivity contribution in [3.8, 4) is 0 Å². The maximum atomic E-state index is 12.7. The fourth-order valence-corrected chi connectivity index (χ4v) is 4.32. The number of rotatable bonds is 6. The summed E-state index contributed by atoms with van der Waals surface area (Å²) in [4.78, 5) is 24.2. The van der Waals surface area contributed by atoms with Crippen molar-refractivity contribution in [2.45, 2.75) is 4.90 Å². The fraction of sp³-hybridized carbons (Fsp3) is 0.263. The molecule has 0 aromatic heterocycles. The zero-order valence-electron chi connectivity index (χ0n) is 15.3. The van der Waals surface area contributed by atoms with Crippen LogP contribution < -0.4 is 5.32 Å². The number of esters is 1. The van der Waals surface area contributed by atoms with E-state index >= 15 is 0 Å². The summed E-state index contributed by atoms with van der Waals surface area (Å²) in [5.41, 5.74) is 0.429. The van der Waals surface area contributed by atoms with E-state index in [1.54, 1.807) is 24.3 Å². The second kappa shape index (κ2) is 9.36. The van der Waals surface area contributed by atoms with Gasteiger partial charge in [0.05, 0.1) is 34.4 Å². The number of morpholine rings is 1. The molecule has 1 N–H and O–H groups in total. The van der Waals surface area contributed by atoms with Gasteiger partial charge < -0.3 is 14.8 Å². The van der Waals surface area contributed by atoms with Crippen LogP contribution in [-0.4, -0.2) is 57.5 Å². The van der Waals surface area contributed by atoms with E-state index in [1.807, 2.05) is 0 Å². The van der Waals surface area contributed by atoms with Crippen LogP contribution in [0.5, 0.6) is 0 Å². The summed E-state index contributed by atoms with van der Waals surface area (Å²) in [7, 11) is -3.74. The number of anilines is 1. The minimum atomic E-state index is -3.74. The molecule has 0 spiro atoms. The molecule has 10 heteroatoms. The Kier molecular flexibility index (Phi) is 6.86. The van der Waals surface area contributed by atoms with Crippen molar-refractivity contribution in [2.75, 3.05) is 38.2 Å². The van der Waals surface area contributed by atoms with E-state index in [0.717, 1.165) is 0 Å². The van der Waals surface area contributed by atoms with Gasteiger partial charge in [0.15, 0.2) is 6.61 Å². The third-order valence-corrected chi connectivity index (χ3v) is 6.38. The number of nitrogens with zero attached hydrogens (tertiary/aromatic N) is 1. The maximum Gasteiger partial charge on any atom is 0.338 e. The summed E-state index contributed by atoms with van der Waals surface area (Å²) in [5.74, 6) is -1.37. The summed E-state index contributed by atoms with van der Waals surface area (Å²) >= 11 is 5.96. The normalized spacial score (nSPS) is 14.9. The van der Waals surface area contributed by atoms with Gasteiger partial charge in [0.25, 0.3) is 5.91 Å². The second-order valence-corrected chi connectivity index (χ2v) is 8.49. The van der Waals surface area contributed by atoms with Gasteiger partial charge in [0.2, 0.25) is 10.0 Å². The lowest BCUT2D eigenvalue weighted by Crippen LogP contribution is -2.40. The molecule has 3 rings (SSSR count). The van der Waals surface area contributed by atoms with Gasteiger partial charge in [-0.05, 0) is 30.3 Å². The highest BCUT2D eigenvalue weighted by molar-refractivity contribution is 7.89. The number of para-hydroxylation sites is 1. The molecule has 1 saturated heterocycles. The average molecular weight is 439 g/mol. The fourth-order valence-electron chi connectivity index (χ4n) is 2.68. The lowest BCUT2D eigenvalue weighted by Gasteiger charge is -2.26. The Balaban J connectivity index is 1.63. The van der Waals surface area contributed by atoms with Gasteiger partial charge in [0, 0.05) is 13.1 Å². The van der Waals surface area contributed by atoms with Crippen molar-refractivity contribution >= 4 is 39.2 Å². The molecule has 0 bridgehead atoms. The van der Waals surface area contributed by atoms with E-state index in [9.17, 15) is 18.0 Å². The molecule has 1 heterocycles. The van der Waals surface area contributed by atoms with Crippen molar-refractivity contribution in [3.05, 3.63) is 59.1 Å². The number of sulfonamides is 1. The van der Waals surface area contributed by atoms with Crippen LogP contribution in [0.4, 0.5) is 5.69 Å². The summed E-state index contributed by atoms with van der Waals surface area (Å²) in [6.07, 6.45) is 0. The zero-order chi connectivity index (χ0) is 20.9. The van der Waals surface area contributed by atoms with E-state index in [4.69, 9.17) is 21.1 Å². The van der Waals surface area contributed by atoms with Crippen molar-refractivity contribution in [1.29, 1.82) is 0 Å². The van der Waals surface area contributed by atoms with Crippen LogP contribution in [0.3, 0.4) is 0 Å². The summed E-state index contributed by atoms with van der Waals surface area (Å²) in [5, 5.41) is 2.89. The van der Waals surface area contributed by atoms with E-state index < -0.39 is 28.5 Å². The van der Waals surface area contributed by atoms with E-state index in [0.29, 0.717) is 23.9 Å². The number of hydrogen-bond acceptors (Lipinski definition) is 6. The lowest BCUT2D eigenvalue weighted by atomic mass is 10.2. The van der Waals surface area contributed by atoms with Gasteiger partial charge >= 0.3 is 5.97 Å². The smallest absolute Gasteiger partial charge is 0.338 e. The first-order valence-electron chi connectivity index (χ1n) is 8.77. The van der Waals surface area contributed by atoms with Crippen LogP contribution in [0.15, 0.2) is 53.4 Å². The predicted molar refractivity (Wildman–Crippen MR) is 106 cm³/mol. The molecule has 0 aliphatic carbocycles. The minimum Gasteiger partial charge on any atom is -0.452 e. The van der Waals surface area contributed by atoms with Crippen LogP contribution >= 0.6 is 11.6 Å². The Bertz CT molecular complexity index is 1010. The Hall–Kier alpha value is -2.46. The van der Waals surface area contributed by atoms with Crippen molar-refractivity contribution in [3.63, 3.8) is 0 Å². The first-order valence-corrected chi connectivity index (χ1v) is 10.6. The number of ether oxygens (including phenoxy) is 2. The number of carbonyl (C=O) groups excluding carboxylic acids is 2. The molecule has 0 saturated carbocycles. The second-order valence-electron chi connectivity index (χ2n) is 6.15. The third-order valence-electron chi connectivity index (χ3n) is 4.16. The molecule has 0 atom stereocenters. The Morgan fingerprint density at radius 3 is 2.55 bits per heavy atom. The van der Waals surface area contributed by atoms with Gasteiger partial charge in [-0.1, -0.05) is 29.8 Å². The largest absolute Gasteiger partial charge is 0.452 e. The monoisotopic (exact) mass is 438 g/mol. The predicted octanol–water partition coefficient (Wildman–Crippen LogP) is 2.16. The third kappa shape index (κ3) is 5.33. The molecule has 1 aliphatic heterocycles. The van der Waals surface area contributed by atoms with Crippen molar-refractivity contribution in [2.24, 2.45) is 0 Å². The average Bonchev–Trinajstić information content (AvgIpc) is 2.74. The number of amides is 1. The lowest BCUT2D eigenvalue weighted by molar-refractivity contribution is -0.119. The van der Waals surface area contributed by atoms with E-state index in [-0.39, 0.29) is 23.5 Å². The van der Waals surface area contributed by atoms with Crippen LogP contribution in [0.25, 0.3) is 0 Å². The molecule has 1 aliphatic rings. The topological polar surface area (TPSA) is 102 Å². The Labute approximate surface area is 173 Å². The van der Waals surface area contributed by atoms with Crippen LogP contribution in [0, 0.1) is 0 Å². The molecule has 154 valence electrons. The van der Waals surface area contributed by atoms with Gasteiger partial charge in [0.1, 0.15) is 0 Å². The standard InChI is InChI=1S/C19H19ClN2O6S/c20-16-6-1-2-7-17(16)21-18(23)13-28-19(24)14-4-3-5-15(12-14)29(25,26)22-8-10-27-11-9-22/h1-7,12H,8-11,13H2,(H,21,23).